The second-order valence-electron chi connectivity index (χ2n) is 6.84. The molecule has 138 valence electrons. The van der Waals surface area contributed by atoms with Gasteiger partial charge in [0, 0.05) is 37.0 Å². The van der Waals surface area contributed by atoms with Crippen LogP contribution in [0.2, 0.25) is 0 Å². The van der Waals surface area contributed by atoms with Gasteiger partial charge in [0.2, 0.25) is 0 Å². The van der Waals surface area contributed by atoms with Crippen molar-refractivity contribution in [2.75, 3.05) is 19.3 Å². The van der Waals surface area contributed by atoms with Gasteiger partial charge in [0.1, 0.15) is 0 Å². The van der Waals surface area contributed by atoms with Crippen LogP contribution >= 0.6 is 0 Å². The van der Waals surface area contributed by atoms with E-state index in [1.54, 1.807) is 12.1 Å². The molecule has 1 heterocycles. The first-order chi connectivity index (χ1) is 12.3. The van der Waals surface area contributed by atoms with Crippen molar-refractivity contribution in [1.82, 2.24) is 10.2 Å². The van der Waals surface area contributed by atoms with Crippen LogP contribution in [0.5, 0.6) is 0 Å². The molecule has 0 spiro atoms. The van der Waals surface area contributed by atoms with Gasteiger partial charge in [-0.1, -0.05) is 36.4 Å². The molecule has 26 heavy (non-hydrogen) atoms. The summed E-state index contributed by atoms with van der Waals surface area (Å²) in [5, 5.41) is 3.03. The molecule has 5 nitrogen and oxygen atoms in total. The fourth-order valence-corrected chi connectivity index (χ4v) is 4.00. The number of sulfone groups is 1. The Morgan fingerprint density at radius 3 is 2.58 bits per heavy atom. The minimum absolute atomic E-state index is 0.0653. The summed E-state index contributed by atoms with van der Waals surface area (Å²) in [6, 6.07) is 16.9. The molecular formula is C20H24N2O3S. The van der Waals surface area contributed by atoms with Crippen molar-refractivity contribution in [2.45, 2.75) is 30.3 Å². The molecule has 6 heteroatoms. The molecule has 3 rings (SSSR count). The second-order valence-corrected chi connectivity index (χ2v) is 8.86. The van der Waals surface area contributed by atoms with Crippen molar-refractivity contribution >= 4 is 15.7 Å². The highest BCUT2D eigenvalue weighted by Crippen LogP contribution is 2.24. The number of carbonyl (C=O) groups excluding carboxylic acids is 1. The lowest BCUT2D eigenvalue weighted by molar-refractivity contribution is 0.0936. The maximum absolute atomic E-state index is 12.5. The van der Waals surface area contributed by atoms with Crippen LogP contribution in [-0.2, 0) is 9.84 Å². The molecule has 0 bridgehead atoms. The SMILES string of the molecule is C[C@@H](c1ccccc1)N1CC[C@@H](NC(=O)c2cccc(S(C)(=O)=O)c2)C1. The first-order valence-electron chi connectivity index (χ1n) is 8.74. The zero-order valence-electron chi connectivity index (χ0n) is 15.1. The minimum Gasteiger partial charge on any atom is -0.348 e. The molecule has 1 fully saturated rings. The molecule has 0 radical (unpaired) electrons. The molecule has 1 aliphatic heterocycles. The number of carbonyl (C=O) groups is 1. The van der Waals surface area contributed by atoms with Gasteiger partial charge >= 0.3 is 0 Å². The Kier molecular flexibility index (Phi) is 5.44. The van der Waals surface area contributed by atoms with Gasteiger partial charge in [-0.15, -0.1) is 0 Å². The summed E-state index contributed by atoms with van der Waals surface area (Å²) in [7, 11) is -3.32. The predicted octanol–water partition coefficient (Wildman–Crippen LogP) is 2.66. The maximum atomic E-state index is 12.5. The molecule has 0 aromatic heterocycles. The van der Waals surface area contributed by atoms with Gasteiger partial charge in [0.25, 0.3) is 5.91 Å². The monoisotopic (exact) mass is 372 g/mol. The number of nitrogens with zero attached hydrogens (tertiary/aromatic N) is 1. The number of rotatable bonds is 5. The summed E-state index contributed by atoms with van der Waals surface area (Å²) in [5.41, 5.74) is 1.64. The molecular weight excluding hydrogens is 348 g/mol. The highest BCUT2D eigenvalue weighted by atomic mass is 32.2. The van der Waals surface area contributed by atoms with Gasteiger partial charge < -0.3 is 5.32 Å². The van der Waals surface area contributed by atoms with E-state index in [4.69, 9.17) is 0 Å². The number of nitrogens with one attached hydrogen (secondary N) is 1. The third-order valence-corrected chi connectivity index (χ3v) is 6.02. The normalized spacial score (nSPS) is 19.2. The lowest BCUT2D eigenvalue weighted by Crippen LogP contribution is -2.37. The Hall–Kier alpha value is -2.18. The van der Waals surface area contributed by atoms with Gasteiger partial charge in [-0.05, 0) is 37.1 Å². The number of amides is 1. The molecule has 1 aliphatic rings. The van der Waals surface area contributed by atoms with E-state index in [1.165, 1.54) is 17.7 Å². The lowest BCUT2D eigenvalue weighted by atomic mass is 10.1. The summed E-state index contributed by atoms with van der Waals surface area (Å²) in [4.78, 5) is 15.0. The Bertz CT molecular complexity index is 881. The van der Waals surface area contributed by atoms with E-state index in [2.05, 4.69) is 29.3 Å². The second kappa shape index (κ2) is 7.60. The molecule has 1 saturated heterocycles. The van der Waals surface area contributed by atoms with E-state index in [-0.39, 0.29) is 16.8 Å². The third-order valence-electron chi connectivity index (χ3n) is 4.91. The van der Waals surface area contributed by atoms with Gasteiger partial charge in [0.05, 0.1) is 4.90 Å². The van der Waals surface area contributed by atoms with Crippen molar-refractivity contribution in [1.29, 1.82) is 0 Å². The maximum Gasteiger partial charge on any atom is 0.251 e. The Labute approximate surface area is 154 Å². The van der Waals surface area contributed by atoms with Crippen molar-refractivity contribution < 1.29 is 13.2 Å². The summed E-state index contributed by atoms with van der Waals surface area (Å²) < 4.78 is 23.3. The van der Waals surface area contributed by atoms with Crippen LogP contribution < -0.4 is 5.32 Å². The Morgan fingerprint density at radius 1 is 1.15 bits per heavy atom. The van der Waals surface area contributed by atoms with E-state index in [0.29, 0.717) is 11.6 Å². The van der Waals surface area contributed by atoms with Gasteiger partial charge in [0.15, 0.2) is 9.84 Å². The van der Waals surface area contributed by atoms with E-state index in [9.17, 15) is 13.2 Å². The van der Waals surface area contributed by atoms with Gasteiger partial charge in [-0.2, -0.15) is 0 Å². The summed E-state index contributed by atoms with van der Waals surface area (Å²) in [6.45, 7) is 3.88. The van der Waals surface area contributed by atoms with Gasteiger partial charge in [-0.3, -0.25) is 9.69 Å². The number of hydrogen-bond donors (Lipinski definition) is 1. The topological polar surface area (TPSA) is 66.5 Å². The number of hydrogen-bond acceptors (Lipinski definition) is 4. The molecule has 0 aliphatic carbocycles. The average Bonchev–Trinajstić information content (AvgIpc) is 3.09. The lowest BCUT2D eigenvalue weighted by Gasteiger charge is -2.24. The highest BCUT2D eigenvalue weighted by molar-refractivity contribution is 7.90. The molecule has 0 saturated carbocycles. The zero-order chi connectivity index (χ0) is 18.7. The first kappa shape index (κ1) is 18.6. The van der Waals surface area contributed by atoms with E-state index in [0.717, 1.165) is 25.8 Å². The van der Waals surface area contributed by atoms with Crippen molar-refractivity contribution in [3.05, 3.63) is 65.7 Å². The fraction of sp³-hybridized carbons (Fsp3) is 0.350. The average molecular weight is 372 g/mol. The molecule has 2 aromatic rings. The van der Waals surface area contributed by atoms with Crippen LogP contribution in [0.15, 0.2) is 59.5 Å². The van der Waals surface area contributed by atoms with Crippen molar-refractivity contribution in [2.24, 2.45) is 0 Å². The quantitative estimate of drug-likeness (QED) is 0.876. The van der Waals surface area contributed by atoms with Crippen LogP contribution in [0, 0.1) is 0 Å². The fourth-order valence-electron chi connectivity index (χ4n) is 3.34. The first-order valence-corrected chi connectivity index (χ1v) is 10.6. The molecule has 2 atom stereocenters. The van der Waals surface area contributed by atoms with Crippen LogP contribution in [0.1, 0.15) is 35.3 Å². The van der Waals surface area contributed by atoms with Crippen molar-refractivity contribution in [3.63, 3.8) is 0 Å². The zero-order valence-corrected chi connectivity index (χ0v) is 15.9. The highest BCUT2D eigenvalue weighted by Gasteiger charge is 2.28. The van der Waals surface area contributed by atoms with E-state index >= 15 is 0 Å². The molecule has 1 amide bonds. The van der Waals surface area contributed by atoms with Crippen LogP contribution in [-0.4, -0.2) is 44.6 Å². The smallest absolute Gasteiger partial charge is 0.251 e. The Morgan fingerprint density at radius 2 is 1.88 bits per heavy atom. The largest absolute Gasteiger partial charge is 0.348 e. The van der Waals surface area contributed by atoms with E-state index < -0.39 is 9.84 Å². The summed E-state index contributed by atoms with van der Waals surface area (Å²) in [5.74, 6) is -0.227. The van der Waals surface area contributed by atoms with Gasteiger partial charge in [-0.25, -0.2) is 8.42 Å². The molecule has 0 unspecified atom stereocenters. The standard InChI is InChI=1S/C20H24N2O3S/c1-15(16-7-4-3-5-8-16)22-12-11-18(14-22)21-20(23)17-9-6-10-19(13-17)26(2,24)25/h3-10,13,15,18H,11-12,14H2,1-2H3,(H,21,23)/t15-,18+/m0/s1. The number of benzene rings is 2. The molecule has 1 N–H and O–H groups in total. The third kappa shape index (κ3) is 4.31. The summed E-state index contributed by atoms with van der Waals surface area (Å²) in [6.07, 6.45) is 2.03. The van der Waals surface area contributed by atoms with Crippen LogP contribution in [0.25, 0.3) is 0 Å². The molecule has 2 aromatic carbocycles. The predicted molar refractivity (Wildman–Crippen MR) is 102 cm³/mol. The summed E-state index contributed by atoms with van der Waals surface area (Å²) >= 11 is 0. The van der Waals surface area contributed by atoms with Crippen molar-refractivity contribution in [3.8, 4) is 0 Å². The minimum atomic E-state index is -3.32. The van der Waals surface area contributed by atoms with Crippen LogP contribution in [0.4, 0.5) is 0 Å². The van der Waals surface area contributed by atoms with Crippen LogP contribution in [0.3, 0.4) is 0 Å². The number of likely N-dealkylation sites (tertiary alicyclic amines) is 1. The Balaban J connectivity index is 1.63. The van der Waals surface area contributed by atoms with E-state index in [1.807, 2.05) is 18.2 Å².